The van der Waals surface area contributed by atoms with Gasteiger partial charge in [0, 0.05) is 0 Å². The van der Waals surface area contributed by atoms with E-state index in [9.17, 15) is 13.2 Å². The van der Waals surface area contributed by atoms with Crippen molar-refractivity contribution < 1.29 is 17.9 Å². The van der Waals surface area contributed by atoms with E-state index in [4.69, 9.17) is 4.74 Å². The van der Waals surface area contributed by atoms with Gasteiger partial charge in [0.05, 0.1) is 4.90 Å². The van der Waals surface area contributed by atoms with E-state index in [0.717, 1.165) is 5.57 Å². The highest BCUT2D eigenvalue weighted by atomic mass is 32.2. The van der Waals surface area contributed by atoms with E-state index in [0.29, 0.717) is 0 Å². The topological polar surface area (TPSA) is 72.5 Å². The number of ether oxygens (including phenoxy) is 1. The molecular formula is C16H23NO4S. The first-order valence-electron chi connectivity index (χ1n) is 6.96. The van der Waals surface area contributed by atoms with Gasteiger partial charge in [0.2, 0.25) is 9.84 Å². The minimum absolute atomic E-state index is 0.147. The summed E-state index contributed by atoms with van der Waals surface area (Å²) in [6.45, 7) is 8.69. The maximum absolute atomic E-state index is 12.7. The molecular weight excluding hydrogens is 302 g/mol. The Balaban J connectivity index is 3.09. The number of nitrogens with one attached hydrogen (secondary N) is 1. The maximum Gasteiger partial charge on any atom is 0.408 e. The fraction of sp³-hybridized carbons (Fsp3) is 0.438. The van der Waals surface area contributed by atoms with Crippen LogP contribution in [-0.4, -0.2) is 25.5 Å². The molecule has 5 nitrogen and oxygen atoms in total. The number of sulfone groups is 1. The van der Waals surface area contributed by atoms with Crippen LogP contribution in [0.2, 0.25) is 0 Å². The molecule has 22 heavy (non-hydrogen) atoms. The highest BCUT2D eigenvalue weighted by Gasteiger charge is 2.29. The van der Waals surface area contributed by atoms with E-state index >= 15 is 0 Å². The summed E-state index contributed by atoms with van der Waals surface area (Å²) in [6, 6.07) is 8.01. The highest BCUT2D eigenvalue weighted by Crippen LogP contribution is 2.17. The van der Waals surface area contributed by atoms with Crippen LogP contribution in [0.1, 0.15) is 34.6 Å². The van der Waals surface area contributed by atoms with E-state index in [1.54, 1.807) is 52.8 Å². The standard InChI is InChI=1S/C16H23NO4S/c1-12(2)11-14(17-15(18)21-16(3,4)5)22(19,20)13-9-7-6-8-10-13/h6-11,14H,1-5H3,(H,17,18). The second-order valence-electron chi connectivity index (χ2n) is 6.17. The van der Waals surface area contributed by atoms with Crippen molar-refractivity contribution in [1.29, 1.82) is 0 Å². The largest absolute Gasteiger partial charge is 0.444 e. The Labute approximate surface area is 132 Å². The van der Waals surface area contributed by atoms with Crippen LogP contribution in [0.4, 0.5) is 4.79 Å². The minimum Gasteiger partial charge on any atom is -0.444 e. The molecule has 1 aromatic carbocycles. The number of hydrogen-bond donors (Lipinski definition) is 1. The summed E-state index contributed by atoms with van der Waals surface area (Å²) in [4.78, 5) is 12.0. The quantitative estimate of drug-likeness (QED) is 0.862. The minimum atomic E-state index is -3.74. The van der Waals surface area contributed by atoms with E-state index in [1.807, 2.05) is 0 Å². The predicted molar refractivity (Wildman–Crippen MR) is 86.2 cm³/mol. The van der Waals surface area contributed by atoms with Crippen molar-refractivity contribution in [2.45, 2.75) is 50.5 Å². The number of amides is 1. The summed E-state index contributed by atoms with van der Waals surface area (Å²) in [5.74, 6) is 0. The van der Waals surface area contributed by atoms with Crippen LogP contribution in [-0.2, 0) is 14.6 Å². The Morgan fingerprint density at radius 3 is 2.18 bits per heavy atom. The predicted octanol–water partition coefficient (Wildman–Crippen LogP) is 3.28. The Morgan fingerprint density at radius 1 is 1.18 bits per heavy atom. The molecule has 1 N–H and O–H groups in total. The van der Waals surface area contributed by atoms with Crippen LogP contribution >= 0.6 is 0 Å². The highest BCUT2D eigenvalue weighted by molar-refractivity contribution is 7.92. The number of carbonyl (C=O) groups excluding carboxylic acids is 1. The van der Waals surface area contributed by atoms with Crippen LogP contribution in [0, 0.1) is 0 Å². The van der Waals surface area contributed by atoms with Gasteiger partial charge in [-0.2, -0.15) is 0 Å². The summed E-state index contributed by atoms with van der Waals surface area (Å²) in [7, 11) is -3.74. The first-order valence-corrected chi connectivity index (χ1v) is 8.50. The molecule has 0 spiro atoms. The Hall–Kier alpha value is -1.82. The lowest BCUT2D eigenvalue weighted by molar-refractivity contribution is 0.0527. The summed E-state index contributed by atoms with van der Waals surface area (Å²) < 4.78 is 30.4. The van der Waals surface area contributed by atoms with Gasteiger partial charge in [-0.15, -0.1) is 0 Å². The fourth-order valence-electron chi connectivity index (χ4n) is 1.69. The van der Waals surface area contributed by atoms with E-state index in [2.05, 4.69) is 5.32 Å². The van der Waals surface area contributed by atoms with Crippen molar-refractivity contribution in [2.24, 2.45) is 0 Å². The third-order valence-electron chi connectivity index (χ3n) is 2.55. The number of rotatable bonds is 4. The van der Waals surface area contributed by atoms with Crippen LogP contribution in [0.5, 0.6) is 0 Å². The zero-order valence-corrected chi connectivity index (χ0v) is 14.4. The molecule has 6 heteroatoms. The van der Waals surface area contributed by atoms with Crippen molar-refractivity contribution in [3.8, 4) is 0 Å². The molecule has 0 aliphatic heterocycles. The molecule has 0 radical (unpaired) electrons. The molecule has 1 atom stereocenters. The average molecular weight is 325 g/mol. The van der Waals surface area contributed by atoms with Crippen LogP contribution < -0.4 is 5.32 Å². The van der Waals surface area contributed by atoms with Gasteiger partial charge in [0.15, 0.2) is 5.37 Å². The average Bonchev–Trinajstić information content (AvgIpc) is 2.36. The van der Waals surface area contributed by atoms with Crippen molar-refractivity contribution >= 4 is 15.9 Å². The lowest BCUT2D eigenvalue weighted by Gasteiger charge is -2.22. The molecule has 0 fully saturated rings. The van der Waals surface area contributed by atoms with Crippen LogP contribution in [0.15, 0.2) is 46.9 Å². The van der Waals surface area contributed by atoms with Gasteiger partial charge in [-0.1, -0.05) is 23.8 Å². The number of benzene rings is 1. The van der Waals surface area contributed by atoms with E-state index < -0.39 is 26.9 Å². The smallest absolute Gasteiger partial charge is 0.408 e. The third-order valence-corrected chi connectivity index (χ3v) is 4.40. The van der Waals surface area contributed by atoms with Gasteiger partial charge < -0.3 is 10.1 Å². The first-order chi connectivity index (χ1) is 10.0. The summed E-state index contributed by atoms with van der Waals surface area (Å²) in [6.07, 6.45) is 0.723. The van der Waals surface area contributed by atoms with Gasteiger partial charge in [0.25, 0.3) is 0 Å². The number of alkyl carbamates (subject to hydrolysis) is 1. The molecule has 1 amide bonds. The number of carbonyl (C=O) groups is 1. The Kier molecular flexibility index (Phi) is 5.77. The van der Waals surface area contributed by atoms with Gasteiger partial charge in [-0.25, -0.2) is 13.2 Å². The van der Waals surface area contributed by atoms with Gasteiger partial charge >= 0.3 is 6.09 Å². The molecule has 0 aromatic heterocycles. The van der Waals surface area contributed by atoms with Crippen LogP contribution in [0.3, 0.4) is 0 Å². The van der Waals surface area contributed by atoms with Crippen molar-refractivity contribution in [3.63, 3.8) is 0 Å². The molecule has 0 aliphatic rings. The fourth-order valence-corrected chi connectivity index (χ4v) is 3.22. The molecule has 0 aliphatic carbocycles. The zero-order chi connectivity index (χ0) is 17.0. The summed E-state index contributed by atoms with van der Waals surface area (Å²) in [5, 5.41) is 1.25. The van der Waals surface area contributed by atoms with Crippen LogP contribution in [0.25, 0.3) is 0 Å². The molecule has 1 rings (SSSR count). The first kappa shape index (κ1) is 18.2. The SMILES string of the molecule is CC(C)=CC(NC(=O)OC(C)(C)C)S(=O)(=O)c1ccccc1. The normalized spacial score (nSPS) is 13.1. The van der Waals surface area contributed by atoms with Crippen molar-refractivity contribution in [2.75, 3.05) is 0 Å². The van der Waals surface area contributed by atoms with Crippen molar-refractivity contribution in [3.05, 3.63) is 42.0 Å². The Bertz CT molecular complexity index is 638. The molecule has 1 unspecified atom stereocenters. The summed E-state index contributed by atoms with van der Waals surface area (Å²) >= 11 is 0. The van der Waals surface area contributed by atoms with Crippen molar-refractivity contribution in [1.82, 2.24) is 5.32 Å². The number of hydrogen-bond acceptors (Lipinski definition) is 4. The number of allylic oxidation sites excluding steroid dienone is 1. The van der Waals surface area contributed by atoms with E-state index in [1.165, 1.54) is 18.2 Å². The lowest BCUT2D eigenvalue weighted by Crippen LogP contribution is -2.42. The molecule has 0 saturated carbocycles. The third kappa shape index (κ3) is 5.52. The maximum atomic E-state index is 12.7. The molecule has 0 saturated heterocycles. The second-order valence-corrected chi connectivity index (χ2v) is 8.24. The van der Waals surface area contributed by atoms with Gasteiger partial charge in [-0.05, 0) is 52.8 Å². The Morgan fingerprint density at radius 2 is 1.73 bits per heavy atom. The van der Waals surface area contributed by atoms with Gasteiger partial charge in [-0.3, -0.25) is 0 Å². The van der Waals surface area contributed by atoms with E-state index in [-0.39, 0.29) is 4.90 Å². The second kappa shape index (κ2) is 6.96. The monoisotopic (exact) mass is 325 g/mol. The van der Waals surface area contributed by atoms with Gasteiger partial charge in [0.1, 0.15) is 5.60 Å². The summed E-state index contributed by atoms with van der Waals surface area (Å²) in [5.41, 5.74) is 0.0800. The zero-order valence-electron chi connectivity index (χ0n) is 13.6. The molecule has 0 bridgehead atoms. The molecule has 122 valence electrons. The molecule has 1 aromatic rings. The molecule has 0 heterocycles. The lowest BCUT2D eigenvalue weighted by atomic mass is 10.2.